The first-order chi connectivity index (χ1) is 9.16. The van der Waals surface area contributed by atoms with Crippen molar-refractivity contribution in [2.24, 2.45) is 13.0 Å². The van der Waals surface area contributed by atoms with E-state index in [2.05, 4.69) is 60.7 Å². The lowest BCUT2D eigenvalue weighted by Crippen LogP contribution is -2.27. The number of benzene rings is 1. The average molecular weight is 257 g/mol. The van der Waals surface area contributed by atoms with Crippen LogP contribution >= 0.6 is 0 Å². The minimum atomic E-state index is 0.407. The Morgan fingerprint density at radius 2 is 1.89 bits per heavy atom. The van der Waals surface area contributed by atoms with Crippen molar-refractivity contribution >= 4 is 0 Å². The smallest absolute Gasteiger partial charge is 0.0637 e. The zero-order valence-corrected chi connectivity index (χ0v) is 12.0. The van der Waals surface area contributed by atoms with E-state index in [1.807, 2.05) is 17.9 Å². The molecule has 2 aromatic rings. The summed E-state index contributed by atoms with van der Waals surface area (Å²) in [5.41, 5.74) is 2.50. The maximum Gasteiger partial charge on any atom is 0.0637 e. The fourth-order valence-corrected chi connectivity index (χ4v) is 2.35. The van der Waals surface area contributed by atoms with Crippen LogP contribution in [0.3, 0.4) is 0 Å². The van der Waals surface area contributed by atoms with Gasteiger partial charge in [-0.25, -0.2) is 0 Å². The van der Waals surface area contributed by atoms with E-state index in [1.54, 1.807) is 0 Å². The molecule has 1 N–H and O–H groups in total. The standard InChI is InChI=1S/C16H23N3/c1-13(2)16(14-7-5-4-6-8-14)17-11-9-15-10-12-19(3)18-15/h4-8,10,12-13,16-17H,9,11H2,1-3H3. The lowest BCUT2D eigenvalue weighted by atomic mass is 9.96. The molecule has 0 amide bonds. The number of hydrogen-bond donors (Lipinski definition) is 1. The van der Waals surface area contributed by atoms with Gasteiger partial charge < -0.3 is 5.32 Å². The maximum absolute atomic E-state index is 4.40. The van der Waals surface area contributed by atoms with Crippen LogP contribution in [0, 0.1) is 5.92 Å². The summed E-state index contributed by atoms with van der Waals surface area (Å²) in [6.07, 6.45) is 2.96. The lowest BCUT2D eigenvalue weighted by Gasteiger charge is -2.22. The molecule has 0 saturated carbocycles. The van der Waals surface area contributed by atoms with Gasteiger partial charge in [0.1, 0.15) is 0 Å². The first-order valence-corrected chi connectivity index (χ1v) is 6.93. The third-order valence-corrected chi connectivity index (χ3v) is 3.34. The van der Waals surface area contributed by atoms with Crippen molar-refractivity contribution in [2.75, 3.05) is 6.54 Å². The zero-order chi connectivity index (χ0) is 13.7. The van der Waals surface area contributed by atoms with E-state index in [-0.39, 0.29) is 0 Å². The summed E-state index contributed by atoms with van der Waals surface area (Å²) in [4.78, 5) is 0. The first-order valence-electron chi connectivity index (χ1n) is 6.93. The van der Waals surface area contributed by atoms with Crippen molar-refractivity contribution in [3.63, 3.8) is 0 Å². The Morgan fingerprint density at radius 3 is 2.47 bits per heavy atom. The van der Waals surface area contributed by atoms with Crippen molar-refractivity contribution in [1.82, 2.24) is 15.1 Å². The molecule has 2 rings (SSSR count). The predicted octanol–water partition coefficient (Wildman–Crippen LogP) is 2.95. The van der Waals surface area contributed by atoms with Crippen molar-refractivity contribution in [1.29, 1.82) is 0 Å². The van der Waals surface area contributed by atoms with Crippen LogP contribution in [0.2, 0.25) is 0 Å². The Bertz CT molecular complexity index is 488. The molecule has 0 bridgehead atoms. The Morgan fingerprint density at radius 1 is 1.16 bits per heavy atom. The van der Waals surface area contributed by atoms with E-state index in [0.29, 0.717) is 12.0 Å². The molecule has 0 aliphatic rings. The highest BCUT2D eigenvalue weighted by atomic mass is 15.2. The molecule has 19 heavy (non-hydrogen) atoms. The van der Waals surface area contributed by atoms with Crippen molar-refractivity contribution < 1.29 is 0 Å². The molecule has 0 radical (unpaired) electrons. The Labute approximate surface area is 115 Å². The van der Waals surface area contributed by atoms with E-state index in [4.69, 9.17) is 0 Å². The monoisotopic (exact) mass is 257 g/mol. The van der Waals surface area contributed by atoms with E-state index in [1.165, 1.54) is 5.56 Å². The highest BCUT2D eigenvalue weighted by molar-refractivity contribution is 5.19. The molecular weight excluding hydrogens is 234 g/mol. The first kappa shape index (κ1) is 13.8. The van der Waals surface area contributed by atoms with Gasteiger partial charge in [0.2, 0.25) is 0 Å². The summed E-state index contributed by atoms with van der Waals surface area (Å²) in [7, 11) is 1.96. The van der Waals surface area contributed by atoms with Gasteiger partial charge >= 0.3 is 0 Å². The third kappa shape index (κ3) is 3.93. The third-order valence-electron chi connectivity index (χ3n) is 3.34. The van der Waals surface area contributed by atoms with Crippen LogP contribution in [0.5, 0.6) is 0 Å². The second kappa shape index (κ2) is 6.53. The van der Waals surface area contributed by atoms with E-state index in [0.717, 1.165) is 18.7 Å². The molecule has 0 aliphatic heterocycles. The predicted molar refractivity (Wildman–Crippen MR) is 78.9 cm³/mol. The molecule has 1 unspecified atom stereocenters. The fourth-order valence-electron chi connectivity index (χ4n) is 2.35. The number of nitrogens with one attached hydrogen (secondary N) is 1. The van der Waals surface area contributed by atoms with Gasteiger partial charge in [-0.2, -0.15) is 5.10 Å². The minimum Gasteiger partial charge on any atom is -0.309 e. The van der Waals surface area contributed by atoms with Gasteiger partial charge in [-0.15, -0.1) is 0 Å². The number of hydrogen-bond acceptors (Lipinski definition) is 2. The van der Waals surface area contributed by atoms with Crippen LogP contribution in [0.25, 0.3) is 0 Å². The molecule has 0 saturated heterocycles. The van der Waals surface area contributed by atoms with Crippen molar-refractivity contribution in [3.8, 4) is 0 Å². The Kier molecular flexibility index (Phi) is 4.74. The minimum absolute atomic E-state index is 0.407. The molecule has 1 aromatic carbocycles. The van der Waals surface area contributed by atoms with Crippen LogP contribution in [-0.4, -0.2) is 16.3 Å². The van der Waals surface area contributed by atoms with Crippen molar-refractivity contribution in [2.45, 2.75) is 26.3 Å². The molecule has 1 heterocycles. The van der Waals surface area contributed by atoms with Gasteiger partial charge in [-0.05, 0) is 17.5 Å². The van der Waals surface area contributed by atoms with Crippen LogP contribution in [-0.2, 0) is 13.5 Å². The SMILES string of the molecule is CC(C)C(NCCc1ccn(C)n1)c1ccccc1. The van der Waals surface area contributed by atoms with E-state index < -0.39 is 0 Å². The second-order valence-electron chi connectivity index (χ2n) is 5.32. The molecule has 3 nitrogen and oxygen atoms in total. The van der Waals surface area contributed by atoms with Gasteiger partial charge in [0.25, 0.3) is 0 Å². The Balaban J connectivity index is 1.91. The summed E-state index contributed by atoms with van der Waals surface area (Å²) in [6.45, 7) is 5.46. The summed E-state index contributed by atoms with van der Waals surface area (Å²) in [5, 5.41) is 8.05. The van der Waals surface area contributed by atoms with Crippen LogP contribution in [0.1, 0.15) is 31.1 Å². The van der Waals surface area contributed by atoms with Gasteiger partial charge in [-0.3, -0.25) is 4.68 Å². The van der Waals surface area contributed by atoms with E-state index >= 15 is 0 Å². The van der Waals surface area contributed by atoms with Crippen LogP contribution in [0.4, 0.5) is 0 Å². The molecule has 1 atom stereocenters. The molecule has 0 spiro atoms. The second-order valence-corrected chi connectivity index (χ2v) is 5.32. The fraction of sp³-hybridized carbons (Fsp3) is 0.438. The van der Waals surface area contributed by atoms with Gasteiger partial charge in [0, 0.05) is 32.3 Å². The molecule has 3 heteroatoms. The molecular formula is C16H23N3. The topological polar surface area (TPSA) is 29.9 Å². The normalized spacial score (nSPS) is 12.8. The van der Waals surface area contributed by atoms with Gasteiger partial charge in [-0.1, -0.05) is 44.2 Å². The summed E-state index contributed by atoms with van der Waals surface area (Å²) in [6, 6.07) is 13.1. The number of nitrogens with zero attached hydrogens (tertiary/aromatic N) is 2. The number of rotatable bonds is 6. The summed E-state index contributed by atoms with van der Waals surface area (Å²) < 4.78 is 1.85. The molecule has 1 aromatic heterocycles. The lowest BCUT2D eigenvalue weighted by molar-refractivity contribution is 0.414. The highest BCUT2D eigenvalue weighted by Gasteiger charge is 2.14. The summed E-state index contributed by atoms with van der Waals surface area (Å²) >= 11 is 0. The number of aromatic nitrogens is 2. The van der Waals surface area contributed by atoms with Crippen molar-refractivity contribution in [3.05, 3.63) is 53.9 Å². The maximum atomic E-state index is 4.40. The average Bonchev–Trinajstić information content (AvgIpc) is 2.81. The largest absolute Gasteiger partial charge is 0.309 e. The van der Waals surface area contributed by atoms with Gasteiger partial charge in [0.15, 0.2) is 0 Å². The Hall–Kier alpha value is -1.61. The van der Waals surface area contributed by atoms with E-state index in [9.17, 15) is 0 Å². The van der Waals surface area contributed by atoms with Crippen LogP contribution < -0.4 is 5.32 Å². The molecule has 102 valence electrons. The quantitative estimate of drug-likeness (QED) is 0.862. The number of aryl methyl sites for hydroxylation is 1. The molecule has 0 aliphatic carbocycles. The summed E-state index contributed by atoms with van der Waals surface area (Å²) in [5.74, 6) is 0.575. The highest BCUT2D eigenvalue weighted by Crippen LogP contribution is 2.21. The zero-order valence-electron chi connectivity index (χ0n) is 12.0. The van der Waals surface area contributed by atoms with Crippen LogP contribution in [0.15, 0.2) is 42.6 Å². The van der Waals surface area contributed by atoms with Gasteiger partial charge in [0.05, 0.1) is 5.69 Å². The molecule has 0 fully saturated rings.